The van der Waals surface area contributed by atoms with Crippen molar-refractivity contribution in [2.24, 2.45) is 0 Å². The van der Waals surface area contributed by atoms with Crippen LogP contribution < -0.4 is 11.0 Å². The summed E-state index contributed by atoms with van der Waals surface area (Å²) in [6.45, 7) is 10.8. The molecule has 2 rings (SSSR count). The van der Waals surface area contributed by atoms with E-state index in [1.54, 1.807) is 0 Å². The Balaban J connectivity index is 2.32. The van der Waals surface area contributed by atoms with Crippen molar-refractivity contribution in [1.82, 2.24) is 14.2 Å². The molecule has 1 aromatic rings. The second-order valence-corrected chi connectivity index (χ2v) is 9.75. The average Bonchev–Trinajstić information content (AvgIpc) is 3.02. The topological polar surface area (TPSA) is 94.9 Å². The van der Waals surface area contributed by atoms with Gasteiger partial charge in [-0.15, -0.1) is 12.3 Å². The van der Waals surface area contributed by atoms with Gasteiger partial charge in [-0.2, -0.15) is 4.98 Å². The maximum Gasteiger partial charge on any atom is 0.351 e. The number of alkyl halides is 1. The SMILES string of the molecule is [2H]CC1OC(n2ccc(NC(C)=O)nc2=O)C(F)C1OP(OC(C)CC#C)N(C(C)C)C(C)C. The highest BCUT2D eigenvalue weighted by atomic mass is 31.2. The lowest BCUT2D eigenvalue weighted by molar-refractivity contribution is -0.114. The van der Waals surface area contributed by atoms with Crippen molar-refractivity contribution in [3.63, 3.8) is 0 Å². The third-order valence-electron chi connectivity index (χ3n) is 4.81. The number of hydrogen-bond donors (Lipinski definition) is 1. The number of nitrogens with one attached hydrogen (secondary N) is 1. The van der Waals surface area contributed by atoms with E-state index in [-0.39, 0.29) is 36.8 Å². The van der Waals surface area contributed by atoms with Crippen LogP contribution in [-0.2, 0) is 18.6 Å². The molecule has 1 saturated heterocycles. The molecule has 0 radical (unpaired) electrons. The molecule has 0 spiro atoms. The van der Waals surface area contributed by atoms with Gasteiger partial charge in [0.2, 0.25) is 5.91 Å². The number of nitrogens with zero attached hydrogens (tertiary/aromatic N) is 3. The number of anilines is 1. The Morgan fingerprint density at radius 3 is 2.64 bits per heavy atom. The minimum absolute atomic E-state index is 0.0305. The quantitative estimate of drug-likeness (QED) is 0.400. The van der Waals surface area contributed by atoms with Crippen LogP contribution in [0.1, 0.15) is 62.5 Å². The van der Waals surface area contributed by atoms with E-state index >= 15 is 4.39 Å². The van der Waals surface area contributed by atoms with Gasteiger partial charge < -0.3 is 19.1 Å². The van der Waals surface area contributed by atoms with Gasteiger partial charge in [0, 0.05) is 33.0 Å². The zero-order chi connectivity index (χ0) is 25.6. The van der Waals surface area contributed by atoms with Crippen LogP contribution in [0, 0.1) is 12.3 Å². The Labute approximate surface area is 197 Å². The molecule has 0 bridgehead atoms. The predicted molar refractivity (Wildman–Crippen MR) is 125 cm³/mol. The molecule has 1 N–H and O–H groups in total. The molecule has 1 aromatic heterocycles. The fraction of sp³-hybridized carbons (Fsp3) is 0.682. The van der Waals surface area contributed by atoms with Crippen LogP contribution in [0.15, 0.2) is 17.1 Å². The second-order valence-electron chi connectivity index (χ2n) is 8.39. The Morgan fingerprint density at radius 1 is 1.45 bits per heavy atom. The van der Waals surface area contributed by atoms with Crippen LogP contribution in [0.25, 0.3) is 0 Å². The number of terminal acetylenes is 1. The van der Waals surface area contributed by atoms with Crippen LogP contribution in [0.3, 0.4) is 0 Å². The Kier molecular flexibility index (Phi) is 9.36. The monoisotopic (exact) mass is 485 g/mol. The molecule has 1 fully saturated rings. The Morgan fingerprint density at radius 2 is 2.12 bits per heavy atom. The highest BCUT2D eigenvalue weighted by Gasteiger charge is 2.48. The molecule has 0 saturated carbocycles. The molecule has 1 aliphatic heterocycles. The minimum Gasteiger partial charge on any atom is -0.349 e. The number of carbonyl (C=O) groups excluding carboxylic acids is 1. The van der Waals surface area contributed by atoms with E-state index in [4.69, 9.17) is 21.6 Å². The van der Waals surface area contributed by atoms with E-state index in [0.29, 0.717) is 6.42 Å². The fourth-order valence-corrected chi connectivity index (χ4v) is 5.33. The summed E-state index contributed by atoms with van der Waals surface area (Å²) < 4.78 is 44.6. The van der Waals surface area contributed by atoms with Crippen molar-refractivity contribution >= 4 is 20.3 Å². The maximum atomic E-state index is 15.7. The Bertz CT molecular complexity index is 919. The summed E-state index contributed by atoms with van der Waals surface area (Å²) >= 11 is 0. The molecule has 0 aromatic carbocycles. The van der Waals surface area contributed by atoms with Gasteiger partial charge >= 0.3 is 5.69 Å². The van der Waals surface area contributed by atoms with E-state index < -0.39 is 38.8 Å². The van der Waals surface area contributed by atoms with Gasteiger partial charge in [0.25, 0.3) is 8.53 Å². The lowest BCUT2D eigenvalue weighted by Gasteiger charge is -2.38. The summed E-state index contributed by atoms with van der Waals surface area (Å²) in [6.07, 6.45) is 1.58. The molecule has 1 aliphatic rings. The van der Waals surface area contributed by atoms with Crippen molar-refractivity contribution in [1.29, 1.82) is 0 Å². The van der Waals surface area contributed by atoms with Crippen LogP contribution in [0.4, 0.5) is 10.2 Å². The predicted octanol–water partition coefficient (Wildman–Crippen LogP) is 3.62. The highest BCUT2D eigenvalue weighted by Crippen LogP contribution is 2.51. The van der Waals surface area contributed by atoms with Gasteiger partial charge in [-0.1, -0.05) is 0 Å². The van der Waals surface area contributed by atoms with Crippen molar-refractivity contribution < 1.29 is 24.3 Å². The third-order valence-corrected chi connectivity index (χ3v) is 7.07. The second kappa shape index (κ2) is 12.0. The van der Waals surface area contributed by atoms with E-state index in [1.165, 1.54) is 19.2 Å². The molecule has 9 nitrogen and oxygen atoms in total. The standard InChI is InChI=1S/C22H34FN4O5P/c1-9-10-15(6)31-33(27(13(2)3)14(4)5)32-20-16(7)30-21(19(20)23)26-12-11-18(24-17(8)28)25-22(26)29/h1,11-16,19-21H,10H2,2-8H3,(H,24,25,28,29)/i7D. The van der Waals surface area contributed by atoms with Crippen molar-refractivity contribution in [2.75, 3.05) is 5.32 Å². The van der Waals surface area contributed by atoms with Gasteiger partial charge in [0.05, 0.1) is 12.2 Å². The summed E-state index contributed by atoms with van der Waals surface area (Å²) in [5.74, 6) is 2.22. The number of ether oxygens (including phenoxy) is 1. The molecule has 184 valence electrons. The summed E-state index contributed by atoms with van der Waals surface area (Å²) in [5.41, 5.74) is -0.796. The van der Waals surface area contributed by atoms with E-state index in [2.05, 4.69) is 16.2 Å². The minimum atomic E-state index is -1.76. The molecule has 1 amide bonds. The number of hydrogen-bond acceptors (Lipinski definition) is 7. The number of amides is 1. The summed E-state index contributed by atoms with van der Waals surface area (Å²) in [6, 6.07) is 1.44. The van der Waals surface area contributed by atoms with Crippen molar-refractivity contribution in [3.05, 3.63) is 22.7 Å². The van der Waals surface area contributed by atoms with E-state index in [1.807, 2.05) is 39.3 Å². The molecule has 6 atom stereocenters. The number of carbonyl (C=O) groups is 1. The maximum absolute atomic E-state index is 15.7. The van der Waals surface area contributed by atoms with Gasteiger partial charge in [0.15, 0.2) is 12.4 Å². The molecule has 11 heteroatoms. The van der Waals surface area contributed by atoms with Gasteiger partial charge in [-0.05, 0) is 47.6 Å². The van der Waals surface area contributed by atoms with Gasteiger partial charge in [-0.25, -0.2) is 13.9 Å². The smallest absolute Gasteiger partial charge is 0.349 e. The zero-order valence-corrected chi connectivity index (χ0v) is 20.8. The van der Waals surface area contributed by atoms with Crippen LogP contribution in [0.5, 0.6) is 0 Å². The molecule has 6 unspecified atom stereocenters. The average molecular weight is 486 g/mol. The van der Waals surface area contributed by atoms with E-state index in [0.717, 1.165) is 4.57 Å². The first-order valence-corrected chi connectivity index (χ1v) is 11.9. The largest absolute Gasteiger partial charge is 0.351 e. The number of aromatic nitrogens is 2. The molecular formula is C22H34FN4O5P. The highest BCUT2D eigenvalue weighted by molar-refractivity contribution is 7.44. The molecular weight excluding hydrogens is 450 g/mol. The molecule has 2 heterocycles. The number of rotatable bonds is 10. The first kappa shape index (κ1) is 25.7. The van der Waals surface area contributed by atoms with Crippen LogP contribution >= 0.6 is 8.53 Å². The van der Waals surface area contributed by atoms with Crippen molar-refractivity contribution in [3.8, 4) is 12.3 Å². The molecule has 33 heavy (non-hydrogen) atoms. The molecule has 0 aliphatic carbocycles. The first-order valence-electron chi connectivity index (χ1n) is 11.5. The Hall–Kier alpha value is -1.89. The normalized spacial score (nSPS) is 25.2. The van der Waals surface area contributed by atoms with Gasteiger partial charge in [-0.3, -0.25) is 9.36 Å². The summed E-state index contributed by atoms with van der Waals surface area (Å²) in [7, 11) is -1.75. The van der Waals surface area contributed by atoms with Crippen molar-refractivity contribution in [2.45, 2.75) is 97.7 Å². The third kappa shape index (κ3) is 7.05. The first-order chi connectivity index (χ1) is 16.0. The number of halogens is 1. The van der Waals surface area contributed by atoms with Crippen LogP contribution in [-0.4, -0.2) is 56.7 Å². The zero-order valence-electron chi connectivity index (χ0n) is 20.9. The van der Waals surface area contributed by atoms with Gasteiger partial charge in [0.1, 0.15) is 11.9 Å². The lowest BCUT2D eigenvalue weighted by Crippen LogP contribution is -2.38. The lowest BCUT2D eigenvalue weighted by atomic mass is 10.2. The summed E-state index contributed by atoms with van der Waals surface area (Å²) in [5, 5.41) is 2.41. The summed E-state index contributed by atoms with van der Waals surface area (Å²) in [4.78, 5) is 27.5. The fourth-order valence-electron chi connectivity index (χ4n) is 3.47. The van der Waals surface area contributed by atoms with E-state index in [9.17, 15) is 9.59 Å². The van der Waals surface area contributed by atoms with Crippen LogP contribution in [0.2, 0.25) is 0 Å².